The Morgan fingerprint density at radius 1 is 0.911 bits per heavy atom. The number of amides is 2. The van der Waals surface area contributed by atoms with Crippen LogP contribution < -0.4 is 10.2 Å². The fraction of sp³-hybridized carbons (Fsp3) is 0.286. The van der Waals surface area contributed by atoms with Crippen molar-refractivity contribution in [2.24, 2.45) is 5.92 Å². The highest BCUT2D eigenvalue weighted by Crippen LogP contribution is 2.36. The van der Waals surface area contributed by atoms with Crippen LogP contribution in [0.15, 0.2) is 91.4 Å². The van der Waals surface area contributed by atoms with Crippen molar-refractivity contribution in [3.05, 3.63) is 91.4 Å². The second kappa shape index (κ2) is 11.4. The monoisotopic (exact) mass is 598 g/mol. The molecule has 2 aromatic heterocycles. The van der Waals surface area contributed by atoms with Gasteiger partial charge in [-0.3, -0.25) is 29.6 Å². The first-order valence-corrected chi connectivity index (χ1v) is 15.6. The molecule has 3 atom stereocenters. The van der Waals surface area contributed by atoms with Crippen LogP contribution in [0.2, 0.25) is 0 Å². The number of aromatic nitrogens is 4. The van der Waals surface area contributed by atoms with Gasteiger partial charge in [0.15, 0.2) is 0 Å². The van der Waals surface area contributed by atoms with Crippen LogP contribution in [0.4, 0.5) is 11.4 Å². The van der Waals surface area contributed by atoms with Gasteiger partial charge in [0.05, 0.1) is 41.6 Å². The van der Waals surface area contributed by atoms with Gasteiger partial charge in [-0.1, -0.05) is 42.5 Å². The third-order valence-corrected chi connectivity index (χ3v) is 9.50. The summed E-state index contributed by atoms with van der Waals surface area (Å²) in [4.78, 5) is 41.8. The average molecular weight is 599 g/mol. The highest BCUT2D eigenvalue weighted by molar-refractivity contribution is 5.99. The second-order valence-corrected chi connectivity index (χ2v) is 12.3. The van der Waals surface area contributed by atoms with Crippen molar-refractivity contribution >= 4 is 34.1 Å². The molecule has 3 fully saturated rings. The number of aromatic amines is 1. The SMILES string of the molecule is O=C(Nc1ccc2[nH]nc(-c3ccccc3)c2c1)[C@@H]1CCN(CC(=O)N2C[C@@H]3C[C@H]2CN3c2ccc(-c3cnccn3)cc2)C1. The van der Waals surface area contributed by atoms with Crippen molar-refractivity contribution in [3.63, 3.8) is 0 Å². The first-order chi connectivity index (χ1) is 22.1. The number of hydrogen-bond acceptors (Lipinski definition) is 7. The quantitative estimate of drug-likeness (QED) is 0.285. The molecule has 3 aromatic carbocycles. The number of piperazine rings is 1. The largest absolute Gasteiger partial charge is 0.365 e. The van der Waals surface area contributed by atoms with Crippen molar-refractivity contribution < 1.29 is 9.59 Å². The third-order valence-electron chi connectivity index (χ3n) is 9.50. The lowest BCUT2D eigenvalue weighted by molar-refractivity contribution is -0.133. The second-order valence-electron chi connectivity index (χ2n) is 12.3. The Kier molecular flexibility index (Phi) is 6.98. The van der Waals surface area contributed by atoms with Gasteiger partial charge in [-0.2, -0.15) is 5.10 Å². The summed E-state index contributed by atoms with van der Waals surface area (Å²) < 4.78 is 0. The van der Waals surface area contributed by atoms with Gasteiger partial charge in [0.1, 0.15) is 0 Å². The van der Waals surface area contributed by atoms with E-state index in [1.54, 1.807) is 18.6 Å². The number of anilines is 2. The normalized spacial score (nSPS) is 21.1. The van der Waals surface area contributed by atoms with Crippen LogP contribution in [0.3, 0.4) is 0 Å². The highest BCUT2D eigenvalue weighted by atomic mass is 16.2. The lowest BCUT2D eigenvalue weighted by Crippen LogP contribution is -2.51. The van der Waals surface area contributed by atoms with Crippen LogP contribution in [0.1, 0.15) is 12.8 Å². The minimum Gasteiger partial charge on any atom is -0.365 e. The maximum Gasteiger partial charge on any atom is 0.237 e. The molecule has 5 aromatic rings. The molecule has 0 unspecified atom stereocenters. The molecule has 0 aliphatic carbocycles. The summed E-state index contributed by atoms with van der Waals surface area (Å²) in [6.45, 7) is 3.29. The van der Waals surface area contributed by atoms with E-state index in [2.05, 4.69) is 64.4 Å². The van der Waals surface area contributed by atoms with Gasteiger partial charge < -0.3 is 15.1 Å². The van der Waals surface area contributed by atoms with Crippen LogP contribution >= 0.6 is 0 Å². The average Bonchev–Trinajstić information content (AvgIpc) is 3.90. The molecule has 3 saturated heterocycles. The van der Waals surface area contributed by atoms with E-state index in [-0.39, 0.29) is 23.8 Å². The molecule has 0 radical (unpaired) electrons. The van der Waals surface area contributed by atoms with Crippen molar-refractivity contribution in [2.75, 3.05) is 42.9 Å². The molecule has 3 aliphatic rings. The number of nitrogens with one attached hydrogen (secondary N) is 2. The van der Waals surface area contributed by atoms with Crippen LogP contribution in [0.25, 0.3) is 33.4 Å². The Morgan fingerprint density at radius 3 is 2.56 bits per heavy atom. The zero-order valence-corrected chi connectivity index (χ0v) is 24.8. The number of carbonyl (C=O) groups is 2. The van der Waals surface area contributed by atoms with Crippen LogP contribution in [-0.4, -0.2) is 86.6 Å². The van der Waals surface area contributed by atoms with Crippen LogP contribution in [-0.2, 0) is 9.59 Å². The summed E-state index contributed by atoms with van der Waals surface area (Å²) in [6.07, 6.45) is 6.89. The fourth-order valence-corrected chi connectivity index (χ4v) is 7.19. The molecule has 10 nitrogen and oxygen atoms in total. The van der Waals surface area contributed by atoms with Crippen molar-refractivity contribution in [2.45, 2.75) is 24.9 Å². The Morgan fingerprint density at radius 2 is 1.78 bits per heavy atom. The molecule has 10 heteroatoms. The molecule has 2 N–H and O–H groups in total. The minimum absolute atomic E-state index is 0.00440. The molecular weight excluding hydrogens is 564 g/mol. The molecule has 2 bridgehead atoms. The number of fused-ring (bicyclic) bond motifs is 3. The number of H-pyrrole nitrogens is 1. The van der Waals surface area contributed by atoms with Gasteiger partial charge >= 0.3 is 0 Å². The van der Waals surface area contributed by atoms with E-state index in [4.69, 9.17) is 0 Å². The first-order valence-electron chi connectivity index (χ1n) is 15.6. The number of benzene rings is 3. The molecule has 45 heavy (non-hydrogen) atoms. The lowest BCUT2D eigenvalue weighted by atomic mass is 10.1. The summed E-state index contributed by atoms with van der Waals surface area (Å²) in [7, 11) is 0. The van der Waals surface area contributed by atoms with E-state index < -0.39 is 0 Å². The first kappa shape index (κ1) is 27.5. The number of likely N-dealkylation sites (tertiary alicyclic amines) is 2. The van der Waals surface area contributed by atoms with Gasteiger partial charge in [0, 0.05) is 66.0 Å². The number of rotatable bonds is 7. The smallest absolute Gasteiger partial charge is 0.237 e. The predicted octanol–water partition coefficient (Wildman–Crippen LogP) is 4.44. The van der Waals surface area contributed by atoms with Gasteiger partial charge in [0.25, 0.3) is 0 Å². The van der Waals surface area contributed by atoms with Crippen molar-refractivity contribution in [3.8, 4) is 22.5 Å². The molecule has 2 amide bonds. The van der Waals surface area contributed by atoms with Crippen LogP contribution in [0.5, 0.6) is 0 Å². The van der Waals surface area contributed by atoms with E-state index in [1.165, 1.54) is 5.69 Å². The molecule has 226 valence electrons. The molecule has 3 aliphatic heterocycles. The Hall–Kier alpha value is -5.09. The van der Waals surface area contributed by atoms with Gasteiger partial charge in [-0.15, -0.1) is 0 Å². The van der Waals surface area contributed by atoms with E-state index in [1.807, 2.05) is 48.5 Å². The fourth-order valence-electron chi connectivity index (χ4n) is 7.19. The summed E-state index contributed by atoms with van der Waals surface area (Å²) >= 11 is 0. The lowest BCUT2D eigenvalue weighted by Gasteiger charge is -2.36. The van der Waals surface area contributed by atoms with Gasteiger partial charge in [-0.25, -0.2) is 0 Å². The maximum atomic E-state index is 13.4. The molecule has 0 saturated carbocycles. The minimum atomic E-state index is -0.151. The zero-order valence-electron chi connectivity index (χ0n) is 24.8. The van der Waals surface area contributed by atoms with Crippen LogP contribution in [0, 0.1) is 5.92 Å². The Bertz CT molecular complexity index is 1840. The molecule has 0 spiro atoms. The van der Waals surface area contributed by atoms with Gasteiger partial charge in [-0.05, 0) is 49.7 Å². The van der Waals surface area contributed by atoms with E-state index in [0.717, 1.165) is 71.6 Å². The summed E-state index contributed by atoms with van der Waals surface area (Å²) in [6, 6.07) is 24.9. The highest BCUT2D eigenvalue weighted by Gasteiger charge is 2.45. The standard InChI is InChI=1S/C35H34N8O2/c44-33(43-21-28-17-29(43)20-42(28)27-9-6-23(7-10-27)32-18-36-13-14-37-32)22-41-15-12-25(19-41)35(45)38-26-8-11-31-30(16-26)34(40-39-31)24-4-2-1-3-5-24/h1-11,13-14,16,18,25,28-29H,12,15,17,19-22H2,(H,38,45)(H,39,40)/t25-,28+,29+/m1/s1. The van der Waals surface area contributed by atoms with Crippen molar-refractivity contribution in [1.29, 1.82) is 0 Å². The van der Waals surface area contributed by atoms with Gasteiger partial charge in [0.2, 0.25) is 11.8 Å². The molecular formula is C35H34N8O2. The van der Waals surface area contributed by atoms with E-state index in [0.29, 0.717) is 19.1 Å². The Labute approximate surface area is 261 Å². The number of hydrogen-bond donors (Lipinski definition) is 2. The maximum absolute atomic E-state index is 13.4. The Balaban J connectivity index is 0.849. The molecule has 8 rings (SSSR count). The summed E-state index contributed by atoms with van der Waals surface area (Å²) in [5.41, 5.74) is 6.64. The summed E-state index contributed by atoms with van der Waals surface area (Å²) in [5.74, 6) is 0.0112. The van der Waals surface area contributed by atoms with E-state index in [9.17, 15) is 9.59 Å². The number of nitrogens with zero attached hydrogens (tertiary/aromatic N) is 6. The molecule has 5 heterocycles. The predicted molar refractivity (Wildman–Crippen MR) is 173 cm³/mol. The van der Waals surface area contributed by atoms with Crippen molar-refractivity contribution in [1.82, 2.24) is 30.0 Å². The van der Waals surface area contributed by atoms with E-state index >= 15 is 0 Å². The summed E-state index contributed by atoms with van der Waals surface area (Å²) in [5, 5.41) is 11.7. The topological polar surface area (TPSA) is 110 Å². The third kappa shape index (κ3) is 5.31. The number of carbonyl (C=O) groups excluding carboxylic acids is 2. The zero-order chi connectivity index (χ0) is 30.3.